The monoisotopic (exact) mass is 278 g/mol. The summed E-state index contributed by atoms with van der Waals surface area (Å²) in [5.74, 6) is 1.32. The van der Waals surface area contributed by atoms with Crippen LogP contribution in [0.4, 0.5) is 0 Å². The van der Waals surface area contributed by atoms with Gasteiger partial charge in [0.2, 0.25) is 0 Å². The summed E-state index contributed by atoms with van der Waals surface area (Å²) in [7, 11) is 0. The smallest absolute Gasteiger partial charge is 0.137 e. The largest absolute Gasteiger partial charge is 0.493 e. The maximum atomic E-state index is 8.93. The zero-order chi connectivity index (χ0) is 14.9. The second-order valence-electron chi connectivity index (χ2n) is 4.29. The molecule has 0 aliphatic carbocycles. The van der Waals surface area contributed by atoms with Crippen LogP contribution in [0.5, 0.6) is 11.5 Å². The molecule has 0 aliphatic rings. The predicted octanol–water partition coefficient (Wildman–Crippen LogP) is 3.28. The minimum atomic E-state index is 0.481. The Kier molecular flexibility index (Phi) is 5.20. The van der Waals surface area contributed by atoms with E-state index in [1.165, 1.54) is 0 Å². The fourth-order valence-corrected chi connectivity index (χ4v) is 1.74. The summed E-state index contributed by atoms with van der Waals surface area (Å²) in [6.07, 6.45) is 0.708. The van der Waals surface area contributed by atoms with Crippen molar-refractivity contribution in [3.8, 4) is 23.6 Å². The molecule has 0 unspecified atom stereocenters. The summed E-state index contributed by atoms with van der Waals surface area (Å²) in [4.78, 5) is 0. The third kappa shape index (κ3) is 4.26. The van der Waals surface area contributed by atoms with Gasteiger partial charge in [-0.25, -0.2) is 0 Å². The molecule has 0 atom stereocenters. The Hall–Kier alpha value is -2.98. The van der Waals surface area contributed by atoms with Crippen molar-refractivity contribution in [3.05, 3.63) is 59.7 Å². The van der Waals surface area contributed by atoms with E-state index in [1.807, 2.05) is 6.07 Å². The molecule has 21 heavy (non-hydrogen) atoms. The SMILES string of the molecule is N#Cc1ccc(OCCCOc2ccccc2C#N)cc1. The van der Waals surface area contributed by atoms with Crippen LogP contribution in [0, 0.1) is 22.7 Å². The van der Waals surface area contributed by atoms with Gasteiger partial charge >= 0.3 is 0 Å². The van der Waals surface area contributed by atoms with Crippen molar-refractivity contribution >= 4 is 0 Å². The van der Waals surface area contributed by atoms with E-state index in [0.29, 0.717) is 36.5 Å². The summed E-state index contributed by atoms with van der Waals surface area (Å²) in [6.45, 7) is 0.996. The third-order valence-corrected chi connectivity index (χ3v) is 2.81. The molecule has 0 radical (unpaired) electrons. The van der Waals surface area contributed by atoms with E-state index in [1.54, 1.807) is 42.5 Å². The van der Waals surface area contributed by atoms with Crippen molar-refractivity contribution in [1.82, 2.24) is 0 Å². The first-order valence-electron chi connectivity index (χ1n) is 6.58. The molecule has 4 nitrogen and oxygen atoms in total. The van der Waals surface area contributed by atoms with Crippen LogP contribution < -0.4 is 9.47 Å². The van der Waals surface area contributed by atoms with E-state index >= 15 is 0 Å². The first-order chi connectivity index (χ1) is 10.3. The summed E-state index contributed by atoms with van der Waals surface area (Å²) in [6, 6.07) is 18.3. The van der Waals surface area contributed by atoms with Gasteiger partial charge in [-0.15, -0.1) is 0 Å². The number of para-hydroxylation sites is 1. The maximum absolute atomic E-state index is 8.93. The van der Waals surface area contributed by atoms with Gasteiger partial charge in [0.05, 0.1) is 30.4 Å². The average molecular weight is 278 g/mol. The molecular formula is C17H14N2O2. The van der Waals surface area contributed by atoms with Crippen LogP contribution >= 0.6 is 0 Å². The van der Waals surface area contributed by atoms with Gasteiger partial charge in [0.15, 0.2) is 0 Å². The first-order valence-corrected chi connectivity index (χ1v) is 6.58. The predicted molar refractivity (Wildman–Crippen MR) is 77.9 cm³/mol. The maximum Gasteiger partial charge on any atom is 0.137 e. The van der Waals surface area contributed by atoms with Crippen LogP contribution in [-0.4, -0.2) is 13.2 Å². The number of hydrogen-bond donors (Lipinski definition) is 0. The first kappa shape index (κ1) is 14.4. The Bertz CT molecular complexity index is 666. The van der Waals surface area contributed by atoms with Crippen molar-refractivity contribution in [2.45, 2.75) is 6.42 Å². The summed E-state index contributed by atoms with van der Waals surface area (Å²) in [5.41, 5.74) is 1.14. The van der Waals surface area contributed by atoms with Crippen LogP contribution in [0.1, 0.15) is 17.5 Å². The van der Waals surface area contributed by atoms with E-state index in [0.717, 1.165) is 5.75 Å². The standard InChI is InChI=1S/C17H14N2O2/c18-12-14-6-8-16(9-7-14)20-10-3-11-21-17-5-2-1-4-15(17)13-19/h1-2,4-9H,3,10-11H2. The van der Waals surface area contributed by atoms with Gasteiger partial charge < -0.3 is 9.47 Å². The lowest BCUT2D eigenvalue weighted by Gasteiger charge is -2.08. The Morgan fingerprint density at radius 2 is 1.52 bits per heavy atom. The van der Waals surface area contributed by atoms with Crippen molar-refractivity contribution in [2.75, 3.05) is 13.2 Å². The fraction of sp³-hybridized carbons (Fsp3) is 0.176. The Morgan fingerprint density at radius 3 is 2.24 bits per heavy atom. The zero-order valence-electron chi connectivity index (χ0n) is 11.5. The van der Waals surface area contributed by atoms with Crippen LogP contribution in [0.2, 0.25) is 0 Å². The molecule has 0 amide bonds. The van der Waals surface area contributed by atoms with Gasteiger partial charge in [0.1, 0.15) is 17.6 Å². The lowest BCUT2D eigenvalue weighted by molar-refractivity contribution is 0.247. The number of nitrogens with zero attached hydrogens (tertiary/aromatic N) is 2. The molecule has 104 valence electrons. The third-order valence-electron chi connectivity index (χ3n) is 2.81. The molecular weight excluding hydrogens is 264 g/mol. The van der Waals surface area contributed by atoms with Crippen LogP contribution in [0.25, 0.3) is 0 Å². The van der Waals surface area contributed by atoms with E-state index in [-0.39, 0.29) is 0 Å². The van der Waals surface area contributed by atoms with E-state index < -0.39 is 0 Å². The summed E-state index contributed by atoms with van der Waals surface area (Å²) >= 11 is 0. The van der Waals surface area contributed by atoms with Gasteiger partial charge in [0.25, 0.3) is 0 Å². The molecule has 0 saturated heterocycles. The molecule has 0 aromatic heterocycles. The number of rotatable bonds is 6. The lowest BCUT2D eigenvalue weighted by atomic mass is 10.2. The highest BCUT2D eigenvalue weighted by atomic mass is 16.5. The summed E-state index contributed by atoms with van der Waals surface area (Å²) in [5, 5.41) is 17.6. The number of nitriles is 2. The highest BCUT2D eigenvalue weighted by molar-refractivity contribution is 5.42. The number of ether oxygens (including phenoxy) is 2. The van der Waals surface area contributed by atoms with E-state index in [9.17, 15) is 0 Å². The average Bonchev–Trinajstić information content (AvgIpc) is 2.55. The minimum Gasteiger partial charge on any atom is -0.493 e. The number of benzene rings is 2. The molecule has 0 bridgehead atoms. The normalized spacial score (nSPS) is 9.43. The number of hydrogen-bond acceptors (Lipinski definition) is 4. The van der Waals surface area contributed by atoms with Gasteiger partial charge in [0, 0.05) is 6.42 Å². The topological polar surface area (TPSA) is 66.0 Å². The molecule has 0 saturated carbocycles. The molecule has 2 rings (SSSR count). The molecule has 2 aromatic carbocycles. The molecule has 4 heteroatoms. The molecule has 0 fully saturated rings. The Morgan fingerprint density at radius 1 is 0.810 bits per heavy atom. The molecule has 2 aromatic rings. The molecule has 0 aliphatic heterocycles. The molecule has 0 spiro atoms. The van der Waals surface area contributed by atoms with Crippen LogP contribution in [0.15, 0.2) is 48.5 Å². The van der Waals surface area contributed by atoms with Gasteiger partial charge in [-0.05, 0) is 36.4 Å². The zero-order valence-corrected chi connectivity index (χ0v) is 11.5. The van der Waals surface area contributed by atoms with Gasteiger partial charge in [-0.1, -0.05) is 12.1 Å². The van der Waals surface area contributed by atoms with Crippen LogP contribution in [-0.2, 0) is 0 Å². The van der Waals surface area contributed by atoms with Crippen molar-refractivity contribution in [3.63, 3.8) is 0 Å². The van der Waals surface area contributed by atoms with E-state index in [2.05, 4.69) is 12.1 Å². The highest BCUT2D eigenvalue weighted by Gasteiger charge is 2.01. The van der Waals surface area contributed by atoms with Crippen molar-refractivity contribution in [1.29, 1.82) is 10.5 Å². The highest BCUT2D eigenvalue weighted by Crippen LogP contribution is 2.17. The molecule has 0 N–H and O–H groups in total. The van der Waals surface area contributed by atoms with Gasteiger partial charge in [-0.3, -0.25) is 0 Å². The van der Waals surface area contributed by atoms with E-state index in [4.69, 9.17) is 20.0 Å². The van der Waals surface area contributed by atoms with Crippen molar-refractivity contribution < 1.29 is 9.47 Å². The lowest BCUT2D eigenvalue weighted by Crippen LogP contribution is -2.05. The quantitative estimate of drug-likeness (QED) is 0.760. The fourth-order valence-electron chi connectivity index (χ4n) is 1.74. The minimum absolute atomic E-state index is 0.481. The summed E-state index contributed by atoms with van der Waals surface area (Å²) < 4.78 is 11.1. The Labute approximate surface area is 123 Å². The van der Waals surface area contributed by atoms with Gasteiger partial charge in [-0.2, -0.15) is 10.5 Å². The second-order valence-corrected chi connectivity index (χ2v) is 4.29. The van der Waals surface area contributed by atoms with Crippen LogP contribution in [0.3, 0.4) is 0 Å². The molecule has 0 heterocycles. The Balaban J connectivity index is 1.73. The second kappa shape index (κ2) is 7.57. The van der Waals surface area contributed by atoms with Crippen molar-refractivity contribution in [2.24, 2.45) is 0 Å².